The van der Waals surface area contributed by atoms with Gasteiger partial charge in [-0.2, -0.15) is 5.10 Å². The van der Waals surface area contributed by atoms with Gasteiger partial charge in [-0.05, 0) is 50.2 Å². The monoisotopic (exact) mass is 601 g/mol. The smallest absolute Gasteiger partial charge is 0.297 e. The summed E-state index contributed by atoms with van der Waals surface area (Å²) < 4.78 is 17.2. The van der Waals surface area contributed by atoms with E-state index < -0.39 is 0 Å². The topological polar surface area (TPSA) is 75.0 Å². The Hall–Kier alpha value is -4.15. The van der Waals surface area contributed by atoms with Gasteiger partial charge in [0.1, 0.15) is 0 Å². The molecule has 1 aliphatic heterocycles. The Bertz CT molecular complexity index is 1860. The van der Waals surface area contributed by atoms with Crippen LogP contribution in [0.5, 0.6) is 11.5 Å². The van der Waals surface area contributed by atoms with E-state index in [1.165, 1.54) is 11.3 Å². The van der Waals surface area contributed by atoms with Gasteiger partial charge in [-0.15, -0.1) is 11.3 Å². The highest BCUT2D eigenvalue weighted by atomic mass is 79.9. The van der Waals surface area contributed by atoms with Crippen molar-refractivity contribution in [2.24, 2.45) is 17.1 Å². The first-order valence-corrected chi connectivity index (χ1v) is 13.9. The SMILES string of the molecule is CC(=Nn1c(-c2ccccc2Br)csc1=Nc1c(C)n(C)n(-c2ccccc2)c1=O)c1ccc2c(c1)OCO2. The minimum Gasteiger partial charge on any atom is -0.454 e. The number of nitrogens with zero attached hydrogens (tertiary/aromatic N) is 5. The third kappa shape index (κ3) is 4.55. The van der Waals surface area contributed by atoms with Crippen molar-refractivity contribution in [1.29, 1.82) is 0 Å². The fourth-order valence-corrected chi connectivity index (χ4v) is 5.75. The van der Waals surface area contributed by atoms with E-state index >= 15 is 0 Å². The molecule has 0 amide bonds. The minimum atomic E-state index is -0.194. The van der Waals surface area contributed by atoms with Crippen LogP contribution in [0.3, 0.4) is 0 Å². The van der Waals surface area contributed by atoms with E-state index in [2.05, 4.69) is 15.9 Å². The van der Waals surface area contributed by atoms with Gasteiger partial charge in [0.05, 0.1) is 22.8 Å². The number of thiazole rings is 1. The molecule has 2 aromatic heterocycles. The second-order valence-corrected chi connectivity index (χ2v) is 10.7. The number of aromatic nitrogens is 3. The second kappa shape index (κ2) is 10.2. The van der Waals surface area contributed by atoms with Gasteiger partial charge in [-0.25, -0.2) is 14.4 Å². The summed E-state index contributed by atoms with van der Waals surface area (Å²) in [6, 6.07) is 23.3. The van der Waals surface area contributed by atoms with Crippen LogP contribution in [-0.2, 0) is 7.05 Å². The van der Waals surface area contributed by atoms with Gasteiger partial charge in [0, 0.05) is 28.0 Å². The van der Waals surface area contributed by atoms with E-state index in [9.17, 15) is 4.79 Å². The first-order valence-electron chi connectivity index (χ1n) is 12.2. The average molecular weight is 603 g/mol. The van der Waals surface area contributed by atoms with E-state index in [-0.39, 0.29) is 12.4 Å². The molecule has 0 saturated heterocycles. The maximum Gasteiger partial charge on any atom is 0.297 e. The number of halogens is 1. The molecule has 5 aromatic rings. The van der Waals surface area contributed by atoms with E-state index in [0.717, 1.165) is 38.4 Å². The molecule has 0 bridgehead atoms. The third-order valence-electron chi connectivity index (χ3n) is 6.61. The number of hydrogen-bond acceptors (Lipinski definition) is 6. The summed E-state index contributed by atoms with van der Waals surface area (Å²) in [5.41, 5.74) is 5.16. The Balaban J connectivity index is 1.55. The lowest BCUT2D eigenvalue weighted by Gasteiger charge is -2.08. The number of hydrogen-bond donors (Lipinski definition) is 0. The molecule has 0 N–H and O–H groups in total. The number of benzene rings is 3. The molecule has 0 saturated carbocycles. The van der Waals surface area contributed by atoms with Crippen molar-refractivity contribution >= 4 is 38.7 Å². The fourth-order valence-electron chi connectivity index (χ4n) is 4.44. The van der Waals surface area contributed by atoms with Crippen LogP contribution in [-0.4, -0.2) is 26.5 Å². The fraction of sp³-hybridized carbons (Fsp3) is 0.138. The molecule has 10 heteroatoms. The summed E-state index contributed by atoms with van der Waals surface area (Å²) in [7, 11) is 1.86. The average Bonchev–Trinajstić information content (AvgIpc) is 3.63. The zero-order valence-corrected chi connectivity index (χ0v) is 23.9. The van der Waals surface area contributed by atoms with Crippen LogP contribution in [0.4, 0.5) is 5.69 Å². The first kappa shape index (κ1) is 25.1. The van der Waals surface area contributed by atoms with Crippen LogP contribution in [0.25, 0.3) is 16.9 Å². The lowest BCUT2D eigenvalue weighted by molar-refractivity contribution is 0.174. The summed E-state index contributed by atoms with van der Waals surface area (Å²) in [6.07, 6.45) is 0. The van der Waals surface area contributed by atoms with Crippen LogP contribution in [0.1, 0.15) is 18.2 Å². The lowest BCUT2D eigenvalue weighted by atomic mass is 10.1. The van der Waals surface area contributed by atoms with E-state index in [4.69, 9.17) is 19.6 Å². The van der Waals surface area contributed by atoms with Gasteiger partial charge in [-0.1, -0.05) is 52.3 Å². The van der Waals surface area contributed by atoms with Gasteiger partial charge in [-0.3, -0.25) is 9.48 Å². The summed E-state index contributed by atoms with van der Waals surface area (Å²) >= 11 is 5.10. The molecular formula is C29H24BrN5O3S. The molecule has 1 aliphatic rings. The van der Waals surface area contributed by atoms with Crippen molar-refractivity contribution < 1.29 is 9.47 Å². The molecule has 0 unspecified atom stereocenters. The molecule has 0 atom stereocenters. The van der Waals surface area contributed by atoms with Crippen molar-refractivity contribution in [2.75, 3.05) is 6.79 Å². The van der Waals surface area contributed by atoms with E-state index in [0.29, 0.717) is 22.0 Å². The van der Waals surface area contributed by atoms with Gasteiger partial charge >= 0.3 is 0 Å². The predicted molar refractivity (Wildman–Crippen MR) is 157 cm³/mol. The molecule has 6 rings (SSSR count). The Labute approximate surface area is 236 Å². The van der Waals surface area contributed by atoms with Gasteiger partial charge in [0.25, 0.3) is 5.56 Å². The largest absolute Gasteiger partial charge is 0.454 e. The molecule has 8 nitrogen and oxygen atoms in total. The van der Waals surface area contributed by atoms with Crippen molar-refractivity contribution in [3.05, 3.63) is 109 Å². The maximum atomic E-state index is 13.6. The molecule has 3 aromatic carbocycles. The highest BCUT2D eigenvalue weighted by Crippen LogP contribution is 2.33. The number of para-hydroxylation sites is 1. The molecule has 196 valence electrons. The minimum absolute atomic E-state index is 0.194. The number of fused-ring (bicyclic) bond motifs is 1. The zero-order valence-electron chi connectivity index (χ0n) is 21.5. The third-order valence-corrected chi connectivity index (χ3v) is 8.11. The Morgan fingerprint density at radius 1 is 1.00 bits per heavy atom. The van der Waals surface area contributed by atoms with E-state index in [1.807, 2.05) is 104 Å². The van der Waals surface area contributed by atoms with Crippen molar-refractivity contribution in [2.45, 2.75) is 13.8 Å². The highest BCUT2D eigenvalue weighted by Gasteiger charge is 2.18. The van der Waals surface area contributed by atoms with E-state index in [1.54, 1.807) is 9.36 Å². The van der Waals surface area contributed by atoms with Gasteiger partial charge < -0.3 is 9.47 Å². The number of rotatable bonds is 5. The zero-order chi connectivity index (χ0) is 27.1. The highest BCUT2D eigenvalue weighted by molar-refractivity contribution is 9.10. The normalized spacial score (nSPS) is 13.3. The molecular weight excluding hydrogens is 578 g/mol. The molecule has 0 spiro atoms. The molecule has 39 heavy (non-hydrogen) atoms. The summed E-state index contributed by atoms with van der Waals surface area (Å²) in [4.78, 5) is 19.0. The van der Waals surface area contributed by atoms with Crippen LogP contribution in [0.2, 0.25) is 0 Å². The van der Waals surface area contributed by atoms with Crippen LogP contribution < -0.4 is 19.8 Å². The van der Waals surface area contributed by atoms with Crippen LogP contribution in [0, 0.1) is 6.92 Å². The standard InChI is InChI=1S/C29H24BrN5O3S/c1-18(20-13-14-25-26(15-20)38-17-37-25)32-34-24(22-11-7-8-12-23(22)30)16-39-29(34)31-27-19(2)33(3)35(28(27)36)21-9-5-4-6-10-21/h4-16H,17H2,1-3H3. The number of ether oxygens (including phenoxy) is 2. The Kier molecular flexibility index (Phi) is 6.58. The molecule has 3 heterocycles. The predicted octanol–water partition coefficient (Wildman–Crippen LogP) is 6.01. The molecule has 0 aliphatic carbocycles. The summed E-state index contributed by atoms with van der Waals surface area (Å²) in [5, 5.41) is 7.00. The molecule has 0 radical (unpaired) electrons. The lowest BCUT2D eigenvalue weighted by Crippen LogP contribution is -2.20. The van der Waals surface area contributed by atoms with Crippen molar-refractivity contribution in [1.82, 2.24) is 14.0 Å². The van der Waals surface area contributed by atoms with Gasteiger partial charge in [0.2, 0.25) is 11.6 Å². The molecule has 0 fully saturated rings. The van der Waals surface area contributed by atoms with Gasteiger partial charge in [0.15, 0.2) is 17.2 Å². The maximum absolute atomic E-state index is 13.6. The Morgan fingerprint density at radius 2 is 1.74 bits per heavy atom. The van der Waals surface area contributed by atoms with Crippen LogP contribution in [0.15, 0.2) is 97.5 Å². The van der Waals surface area contributed by atoms with Crippen molar-refractivity contribution in [3.63, 3.8) is 0 Å². The summed E-state index contributed by atoms with van der Waals surface area (Å²) in [5.74, 6) is 1.41. The first-order chi connectivity index (χ1) is 18.9. The summed E-state index contributed by atoms with van der Waals surface area (Å²) in [6.45, 7) is 4.04. The van der Waals surface area contributed by atoms with Crippen LogP contribution >= 0.6 is 27.3 Å². The second-order valence-electron chi connectivity index (χ2n) is 8.97. The Morgan fingerprint density at radius 3 is 2.54 bits per heavy atom. The van der Waals surface area contributed by atoms with Crippen molar-refractivity contribution in [3.8, 4) is 28.4 Å². The quantitative estimate of drug-likeness (QED) is 0.231.